The Bertz CT molecular complexity index is 297. The van der Waals surface area contributed by atoms with Gasteiger partial charge >= 0.3 is 0 Å². The van der Waals surface area contributed by atoms with Crippen molar-refractivity contribution < 1.29 is 4.52 Å². The molecule has 1 aromatic heterocycles. The molecular formula is C10H17N3OS. The van der Waals surface area contributed by atoms with Gasteiger partial charge in [-0.2, -0.15) is 16.7 Å². The number of hydrogen-bond donors (Lipinski definition) is 1. The van der Waals surface area contributed by atoms with E-state index in [1.165, 1.54) is 24.3 Å². The maximum atomic E-state index is 5.43. The maximum absolute atomic E-state index is 5.43. The van der Waals surface area contributed by atoms with Crippen molar-refractivity contribution in [2.45, 2.75) is 31.6 Å². The Morgan fingerprint density at radius 2 is 2.20 bits per heavy atom. The van der Waals surface area contributed by atoms with Crippen molar-refractivity contribution in [1.29, 1.82) is 0 Å². The lowest BCUT2D eigenvalue weighted by atomic mass is 10.0. The van der Waals surface area contributed by atoms with Crippen LogP contribution in [0.1, 0.15) is 36.9 Å². The molecule has 0 spiro atoms. The van der Waals surface area contributed by atoms with Crippen LogP contribution in [0.15, 0.2) is 4.52 Å². The fraction of sp³-hybridized carbons (Fsp3) is 0.800. The van der Waals surface area contributed by atoms with Gasteiger partial charge < -0.3 is 10.3 Å². The summed E-state index contributed by atoms with van der Waals surface area (Å²) >= 11 is 2.01. The molecule has 1 fully saturated rings. The van der Waals surface area contributed by atoms with Gasteiger partial charge in [-0.3, -0.25) is 0 Å². The summed E-state index contributed by atoms with van der Waals surface area (Å²) in [6.45, 7) is 0.678. The lowest BCUT2D eigenvalue weighted by Crippen LogP contribution is -2.09. The van der Waals surface area contributed by atoms with E-state index in [4.69, 9.17) is 10.3 Å². The summed E-state index contributed by atoms with van der Waals surface area (Å²) in [6, 6.07) is 0. The standard InChI is InChI=1S/C10H17N3OS/c11-5-1-2-9-12-10(13-14-9)8-3-6-15-7-4-8/h8H,1-7,11H2. The number of rotatable bonds is 4. The largest absolute Gasteiger partial charge is 0.339 e. The zero-order valence-electron chi connectivity index (χ0n) is 8.82. The molecule has 1 aliphatic heterocycles. The molecule has 1 aliphatic rings. The van der Waals surface area contributed by atoms with Gasteiger partial charge in [0.15, 0.2) is 5.82 Å². The second-order valence-electron chi connectivity index (χ2n) is 3.83. The summed E-state index contributed by atoms with van der Waals surface area (Å²) in [7, 11) is 0. The Kier molecular flexibility index (Phi) is 4.02. The van der Waals surface area contributed by atoms with Crippen LogP contribution in [-0.2, 0) is 6.42 Å². The molecule has 2 rings (SSSR count). The van der Waals surface area contributed by atoms with E-state index in [0.717, 1.165) is 24.6 Å². The van der Waals surface area contributed by atoms with Gasteiger partial charge in [0.25, 0.3) is 0 Å². The minimum absolute atomic E-state index is 0.515. The van der Waals surface area contributed by atoms with Gasteiger partial charge in [-0.25, -0.2) is 0 Å². The van der Waals surface area contributed by atoms with Gasteiger partial charge in [-0.1, -0.05) is 5.16 Å². The lowest BCUT2D eigenvalue weighted by molar-refractivity contribution is 0.366. The topological polar surface area (TPSA) is 64.9 Å². The van der Waals surface area contributed by atoms with E-state index in [1.54, 1.807) is 0 Å². The molecule has 15 heavy (non-hydrogen) atoms. The molecule has 4 nitrogen and oxygen atoms in total. The average molecular weight is 227 g/mol. The molecule has 2 N–H and O–H groups in total. The van der Waals surface area contributed by atoms with Crippen molar-refractivity contribution in [3.8, 4) is 0 Å². The highest BCUT2D eigenvalue weighted by atomic mass is 32.2. The second kappa shape index (κ2) is 5.51. The van der Waals surface area contributed by atoms with Gasteiger partial charge in [0.05, 0.1) is 0 Å². The maximum Gasteiger partial charge on any atom is 0.226 e. The van der Waals surface area contributed by atoms with Crippen molar-refractivity contribution in [3.63, 3.8) is 0 Å². The zero-order chi connectivity index (χ0) is 10.5. The fourth-order valence-electron chi connectivity index (χ4n) is 1.74. The summed E-state index contributed by atoms with van der Waals surface area (Å²) in [5, 5.41) is 4.06. The van der Waals surface area contributed by atoms with E-state index >= 15 is 0 Å². The van der Waals surface area contributed by atoms with Crippen LogP contribution in [0.25, 0.3) is 0 Å². The molecule has 0 atom stereocenters. The second-order valence-corrected chi connectivity index (χ2v) is 5.05. The molecule has 0 bridgehead atoms. The van der Waals surface area contributed by atoms with Gasteiger partial charge in [-0.05, 0) is 37.3 Å². The molecule has 0 aromatic carbocycles. The minimum atomic E-state index is 0.515. The number of aromatic nitrogens is 2. The van der Waals surface area contributed by atoms with Crippen LogP contribution in [0.3, 0.4) is 0 Å². The SMILES string of the molecule is NCCCc1nc(C2CCSCC2)no1. The molecule has 0 radical (unpaired) electrons. The molecule has 5 heteroatoms. The first-order valence-corrected chi connectivity index (χ1v) is 6.66. The third-order valence-electron chi connectivity index (χ3n) is 2.67. The van der Waals surface area contributed by atoms with Crippen LogP contribution in [0.2, 0.25) is 0 Å². The van der Waals surface area contributed by atoms with Crippen LogP contribution < -0.4 is 5.73 Å². The lowest BCUT2D eigenvalue weighted by Gasteiger charge is -2.17. The average Bonchev–Trinajstić information content (AvgIpc) is 2.76. The summed E-state index contributed by atoms with van der Waals surface area (Å²) in [4.78, 5) is 4.43. The van der Waals surface area contributed by atoms with E-state index in [2.05, 4.69) is 10.1 Å². The van der Waals surface area contributed by atoms with Crippen LogP contribution in [-0.4, -0.2) is 28.2 Å². The highest BCUT2D eigenvalue weighted by molar-refractivity contribution is 7.99. The third-order valence-corrected chi connectivity index (χ3v) is 3.71. The Hall–Kier alpha value is -0.550. The first kappa shape index (κ1) is 11.0. The van der Waals surface area contributed by atoms with Gasteiger partial charge in [-0.15, -0.1) is 0 Å². The predicted molar refractivity (Wildman–Crippen MR) is 61.0 cm³/mol. The fourth-order valence-corrected chi connectivity index (χ4v) is 2.85. The van der Waals surface area contributed by atoms with Crippen LogP contribution in [0.4, 0.5) is 0 Å². The number of thioether (sulfide) groups is 1. The third kappa shape index (κ3) is 2.95. The number of nitrogens with two attached hydrogens (primary N) is 1. The van der Waals surface area contributed by atoms with Crippen molar-refractivity contribution >= 4 is 11.8 Å². The summed E-state index contributed by atoms with van der Waals surface area (Å²) in [5.74, 6) is 4.60. The molecule has 0 amide bonds. The number of aryl methyl sites for hydroxylation is 1. The Morgan fingerprint density at radius 3 is 2.93 bits per heavy atom. The van der Waals surface area contributed by atoms with E-state index in [1.807, 2.05) is 11.8 Å². The monoisotopic (exact) mass is 227 g/mol. The van der Waals surface area contributed by atoms with Gasteiger partial charge in [0.2, 0.25) is 5.89 Å². The van der Waals surface area contributed by atoms with Crippen LogP contribution in [0, 0.1) is 0 Å². The minimum Gasteiger partial charge on any atom is -0.339 e. The first-order chi connectivity index (χ1) is 7.40. The molecule has 84 valence electrons. The van der Waals surface area contributed by atoms with E-state index in [0.29, 0.717) is 12.5 Å². The molecule has 1 aromatic rings. The molecule has 0 aliphatic carbocycles. The van der Waals surface area contributed by atoms with Crippen molar-refractivity contribution in [1.82, 2.24) is 10.1 Å². The smallest absolute Gasteiger partial charge is 0.226 e. The zero-order valence-corrected chi connectivity index (χ0v) is 9.63. The first-order valence-electron chi connectivity index (χ1n) is 5.50. The normalized spacial score (nSPS) is 18.2. The highest BCUT2D eigenvalue weighted by Gasteiger charge is 2.20. The molecule has 1 saturated heterocycles. The van der Waals surface area contributed by atoms with Gasteiger partial charge in [0, 0.05) is 12.3 Å². The van der Waals surface area contributed by atoms with E-state index < -0.39 is 0 Å². The van der Waals surface area contributed by atoms with E-state index in [9.17, 15) is 0 Å². The number of nitrogens with zero attached hydrogens (tertiary/aromatic N) is 2. The molecule has 0 unspecified atom stereocenters. The van der Waals surface area contributed by atoms with Crippen molar-refractivity contribution in [2.75, 3.05) is 18.1 Å². The Balaban J connectivity index is 1.93. The van der Waals surface area contributed by atoms with E-state index in [-0.39, 0.29) is 0 Å². The van der Waals surface area contributed by atoms with Gasteiger partial charge in [0.1, 0.15) is 0 Å². The molecule has 0 saturated carbocycles. The molecule has 2 heterocycles. The number of hydrogen-bond acceptors (Lipinski definition) is 5. The van der Waals surface area contributed by atoms with Crippen molar-refractivity contribution in [2.24, 2.45) is 5.73 Å². The summed E-state index contributed by atoms with van der Waals surface area (Å²) in [5.41, 5.74) is 5.43. The Morgan fingerprint density at radius 1 is 1.40 bits per heavy atom. The summed E-state index contributed by atoms with van der Waals surface area (Å²) in [6.07, 6.45) is 4.09. The highest BCUT2D eigenvalue weighted by Crippen LogP contribution is 2.29. The van der Waals surface area contributed by atoms with Crippen molar-refractivity contribution in [3.05, 3.63) is 11.7 Å². The van der Waals surface area contributed by atoms with Crippen LogP contribution in [0.5, 0.6) is 0 Å². The predicted octanol–water partition coefficient (Wildman–Crippen LogP) is 1.57. The van der Waals surface area contributed by atoms with Crippen LogP contribution >= 0.6 is 11.8 Å². The molecular weight excluding hydrogens is 210 g/mol. The summed E-state index contributed by atoms with van der Waals surface area (Å²) < 4.78 is 5.20. The quantitative estimate of drug-likeness (QED) is 0.846. The Labute approximate surface area is 94.0 Å².